The van der Waals surface area contributed by atoms with Crippen molar-refractivity contribution in [2.45, 2.75) is 31.1 Å². The third-order valence-corrected chi connectivity index (χ3v) is 4.42. The lowest BCUT2D eigenvalue weighted by molar-refractivity contribution is 0.344. The van der Waals surface area contributed by atoms with Crippen molar-refractivity contribution < 1.29 is 13.5 Å². The maximum Gasteiger partial charge on any atom is 0.202 e. The van der Waals surface area contributed by atoms with E-state index >= 15 is 0 Å². The van der Waals surface area contributed by atoms with Crippen molar-refractivity contribution >= 4 is 15.9 Å². The zero-order valence-electron chi connectivity index (χ0n) is 10.2. The van der Waals surface area contributed by atoms with E-state index in [-0.39, 0.29) is 15.6 Å². The molecule has 1 aliphatic rings. The van der Waals surface area contributed by atoms with Crippen molar-refractivity contribution in [3.8, 4) is 5.75 Å². The van der Waals surface area contributed by atoms with E-state index in [1.807, 2.05) is 0 Å². The average Bonchev–Trinajstić information content (AvgIpc) is 2.85. The highest BCUT2D eigenvalue weighted by molar-refractivity contribution is 9.10. The summed E-state index contributed by atoms with van der Waals surface area (Å²) in [4.78, 5) is 0. The van der Waals surface area contributed by atoms with Crippen LogP contribution in [0.25, 0.3) is 0 Å². The largest absolute Gasteiger partial charge is 0.493 e. The topological polar surface area (TPSA) is 35.2 Å². The summed E-state index contributed by atoms with van der Waals surface area (Å²) in [5, 5.41) is 0. The van der Waals surface area contributed by atoms with Crippen LogP contribution in [-0.2, 0) is 5.41 Å². The number of halogens is 3. The minimum Gasteiger partial charge on any atom is -0.493 e. The second-order valence-corrected chi connectivity index (χ2v) is 5.61. The fourth-order valence-corrected chi connectivity index (χ4v) is 3.21. The quantitative estimate of drug-likeness (QED) is 0.865. The maximum absolute atomic E-state index is 13.9. The van der Waals surface area contributed by atoms with Gasteiger partial charge in [0.2, 0.25) is 5.82 Å². The first-order valence-corrected chi connectivity index (χ1v) is 6.77. The number of rotatable bonds is 3. The van der Waals surface area contributed by atoms with Gasteiger partial charge in [0.1, 0.15) is 0 Å². The van der Waals surface area contributed by atoms with Gasteiger partial charge in [0, 0.05) is 17.5 Å². The van der Waals surface area contributed by atoms with Crippen LogP contribution in [0.3, 0.4) is 0 Å². The smallest absolute Gasteiger partial charge is 0.202 e. The van der Waals surface area contributed by atoms with Crippen molar-refractivity contribution in [1.29, 1.82) is 0 Å². The Bertz CT molecular complexity index is 459. The van der Waals surface area contributed by atoms with Gasteiger partial charge in [0.15, 0.2) is 11.6 Å². The molecule has 0 aromatic heterocycles. The van der Waals surface area contributed by atoms with Crippen LogP contribution in [0.15, 0.2) is 10.5 Å². The van der Waals surface area contributed by atoms with E-state index in [2.05, 4.69) is 15.9 Å². The van der Waals surface area contributed by atoms with Gasteiger partial charge in [-0.2, -0.15) is 4.39 Å². The fraction of sp³-hybridized carbons (Fsp3) is 0.538. The zero-order valence-corrected chi connectivity index (χ0v) is 11.8. The Morgan fingerprint density at radius 1 is 1.33 bits per heavy atom. The molecule has 1 fully saturated rings. The number of methoxy groups -OCH3 is 1. The SMILES string of the molecule is COc1c(C2(CN)CCCC2)cc(Br)c(F)c1F. The monoisotopic (exact) mass is 319 g/mol. The van der Waals surface area contributed by atoms with Crippen molar-refractivity contribution in [3.05, 3.63) is 27.7 Å². The van der Waals surface area contributed by atoms with Gasteiger partial charge < -0.3 is 10.5 Å². The molecule has 0 heterocycles. The van der Waals surface area contributed by atoms with E-state index in [0.29, 0.717) is 12.1 Å². The molecule has 18 heavy (non-hydrogen) atoms. The molecular formula is C13H16BrF2NO. The summed E-state index contributed by atoms with van der Waals surface area (Å²) in [5.41, 5.74) is 6.26. The molecule has 0 bridgehead atoms. The molecule has 100 valence electrons. The Balaban J connectivity index is 2.62. The molecule has 0 radical (unpaired) electrons. The van der Waals surface area contributed by atoms with Crippen LogP contribution in [0.5, 0.6) is 5.75 Å². The molecule has 0 unspecified atom stereocenters. The van der Waals surface area contributed by atoms with Gasteiger partial charge >= 0.3 is 0 Å². The van der Waals surface area contributed by atoms with E-state index in [0.717, 1.165) is 25.7 Å². The number of hydrogen-bond donors (Lipinski definition) is 1. The predicted octanol–water partition coefficient (Wildman–Crippen LogP) is 3.51. The predicted molar refractivity (Wildman–Crippen MR) is 69.8 cm³/mol. The van der Waals surface area contributed by atoms with Crippen molar-refractivity contribution in [1.82, 2.24) is 0 Å². The molecule has 2 N–H and O–H groups in total. The van der Waals surface area contributed by atoms with Crippen LogP contribution in [0.4, 0.5) is 8.78 Å². The zero-order chi connectivity index (χ0) is 13.3. The molecule has 2 nitrogen and oxygen atoms in total. The van der Waals surface area contributed by atoms with E-state index in [1.54, 1.807) is 6.07 Å². The third kappa shape index (κ3) is 2.03. The molecule has 1 aromatic rings. The highest BCUT2D eigenvalue weighted by atomic mass is 79.9. The van der Waals surface area contributed by atoms with Crippen molar-refractivity contribution in [2.24, 2.45) is 5.73 Å². The molecule has 2 rings (SSSR count). The van der Waals surface area contributed by atoms with Crippen LogP contribution < -0.4 is 10.5 Å². The third-order valence-electron chi connectivity index (χ3n) is 3.84. The summed E-state index contributed by atoms with van der Waals surface area (Å²) in [6, 6.07) is 1.61. The summed E-state index contributed by atoms with van der Waals surface area (Å²) < 4.78 is 32.6. The van der Waals surface area contributed by atoms with Crippen LogP contribution >= 0.6 is 15.9 Å². The Morgan fingerprint density at radius 3 is 2.44 bits per heavy atom. The summed E-state index contributed by atoms with van der Waals surface area (Å²) in [6.07, 6.45) is 3.88. The second-order valence-electron chi connectivity index (χ2n) is 4.76. The lowest BCUT2D eigenvalue weighted by Gasteiger charge is -2.30. The molecule has 0 atom stereocenters. The molecular weight excluding hydrogens is 304 g/mol. The lowest BCUT2D eigenvalue weighted by Crippen LogP contribution is -2.32. The molecule has 5 heteroatoms. The maximum atomic E-state index is 13.9. The van der Waals surface area contributed by atoms with E-state index in [1.165, 1.54) is 7.11 Å². The van der Waals surface area contributed by atoms with Gasteiger partial charge in [-0.15, -0.1) is 0 Å². The Hall–Kier alpha value is -0.680. The van der Waals surface area contributed by atoms with Gasteiger partial charge in [-0.25, -0.2) is 4.39 Å². The molecule has 0 spiro atoms. The summed E-state index contributed by atoms with van der Waals surface area (Å²) in [7, 11) is 1.36. The first-order valence-electron chi connectivity index (χ1n) is 5.98. The Morgan fingerprint density at radius 2 is 1.94 bits per heavy atom. The average molecular weight is 320 g/mol. The number of nitrogens with two attached hydrogens (primary N) is 1. The van der Waals surface area contributed by atoms with Gasteiger partial charge in [-0.05, 0) is 34.8 Å². The Labute approximate surface area is 114 Å². The molecule has 1 aliphatic carbocycles. The molecule has 0 saturated heterocycles. The molecule has 0 amide bonds. The molecule has 1 aromatic carbocycles. The lowest BCUT2D eigenvalue weighted by atomic mass is 9.78. The van der Waals surface area contributed by atoms with E-state index < -0.39 is 11.6 Å². The van der Waals surface area contributed by atoms with Gasteiger partial charge in [-0.3, -0.25) is 0 Å². The van der Waals surface area contributed by atoms with Crippen LogP contribution in [0.1, 0.15) is 31.2 Å². The second kappa shape index (κ2) is 5.13. The number of benzene rings is 1. The van der Waals surface area contributed by atoms with Crippen molar-refractivity contribution in [3.63, 3.8) is 0 Å². The van der Waals surface area contributed by atoms with Crippen LogP contribution in [-0.4, -0.2) is 13.7 Å². The standard InChI is InChI=1S/C13H16BrF2NO/c1-18-12-8(6-9(14)10(15)11(12)16)13(7-17)4-2-3-5-13/h6H,2-5,7,17H2,1H3. The van der Waals surface area contributed by atoms with Crippen LogP contribution in [0, 0.1) is 11.6 Å². The van der Waals surface area contributed by atoms with E-state index in [4.69, 9.17) is 10.5 Å². The minimum absolute atomic E-state index is 0.0111. The van der Waals surface area contributed by atoms with Gasteiger partial charge in [0.05, 0.1) is 11.6 Å². The first-order chi connectivity index (χ1) is 8.55. The van der Waals surface area contributed by atoms with Crippen molar-refractivity contribution in [2.75, 3.05) is 13.7 Å². The van der Waals surface area contributed by atoms with E-state index in [9.17, 15) is 8.78 Å². The van der Waals surface area contributed by atoms with Crippen LogP contribution in [0.2, 0.25) is 0 Å². The highest BCUT2D eigenvalue weighted by Crippen LogP contribution is 2.46. The number of hydrogen-bond acceptors (Lipinski definition) is 2. The summed E-state index contributed by atoms with van der Waals surface area (Å²) in [5.74, 6) is -1.87. The molecule has 1 saturated carbocycles. The molecule has 0 aliphatic heterocycles. The summed E-state index contributed by atoms with van der Waals surface area (Å²) >= 11 is 3.05. The number of ether oxygens (including phenoxy) is 1. The normalized spacial score (nSPS) is 18.1. The van der Waals surface area contributed by atoms with Gasteiger partial charge in [0.25, 0.3) is 0 Å². The Kier molecular flexibility index (Phi) is 3.92. The fourth-order valence-electron chi connectivity index (χ4n) is 2.81. The van der Waals surface area contributed by atoms with Gasteiger partial charge in [-0.1, -0.05) is 12.8 Å². The highest BCUT2D eigenvalue weighted by Gasteiger charge is 2.38. The minimum atomic E-state index is -0.943. The first kappa shape index (κ1) is 13.7. The summed E-state index contributed by atoms with van der Waals surface area (Å²) in [6.45, 7) is 0.418.